The number of para-hydroxylation sites is 1. The summed E-state index contributed by atoms with van der Waals surface area (Å²) in [7, 11) is 0. The number of nitrogens with one attached hydrogen (secondary N) is 4. The van der Waals surface area contributed by atoms with E-state index in [1.807, 2.05) is 56.3 Å². The molecule has 9 nitrogen and oxygen atoms in total. The molecule has 0 saturated carbocycles. The average Bonchev–Trinajstić information content (AvgIpc) is 2.97. The van der Waals surface area contributed by atoms with Gasteiger partial charge in [-0.3, -0.25) is 4.79 Å². The molecular weight excluding hydrogens is 468 g/mol. The summed E-state index contributed by atoms with van der Waals surface area (Å²) in [6.45, 7) is 4.06. The number of urea groups is 2. The summed E-state index contributed by atoms with van der Waals surface area (Å²) in [4.78, 5) is 40.3. The molecule has 3 aromatic rings. The van der Waals surface area contributed by atoms with Crippen LogP contribution in [0.3, 0.4) is 0 Å². The predicted octanol–water partition coefficient (Wildman–Crippen LogP) is 4.47. The van der Waals surface area contributed by atoms with Crippen LogP contribution in [-0.2, 0) is 17.8 Å². The normalized spacial score (nSPS) is 14.9. The zero-order valence-corrected chi connectivity index (χ0v) is 21.0. The molecule has 1 aliphatic rings. The van der Waals surface area contributed by atoms with Crippen molar-refractivity contribution < 1.29 is 14.4 Å². The van der Waals surface area contributed by atoms with Gasteiger partial charge in [0.25, 0.3) is 0 Å². The Morgan fingerprint density at radius 1 is 0.946 bits per heavy atom. The highest BCUT2D eigenvalue weighted by molar-refractivity contribution is 6.02. The van der Waals surface area contributed by atoms with Crippen molar-refractivity contribution in [2.24, 2.45) is 0 Å². The summed E-state index contributed by atoms with van der Waals surface area (Å²) in [6.07, 6.45) is 1.11. The third-order valence-corrected chi connectivity index (χ3v) is 5.97. The summed E-state index contributed by atoms with van der Waals surface area (Å²) in [5.74, 6) is -0.201. The van der Waals surface area contributed by atoms with Crippen LogP contribution < -0.4 is 31.9 Å². The van der Waals surface area contributed by atoms with E-state index in [0.29, 0.717) is 29.9 Å². The fraction of sp³-hybridized carbons (Fsp3) is 0.250. The summed E-state index contributed by atoms with van der Waals surface area (Å²) in [5, 5.41) is 11.2. The maximum atomic E-state index is 13.7. The van der Waals surface area contributed by atoms with E-state index in [-0.39, 0.29) is 24.5 Å². The first-order valence-electron chi connectivity index (χ1n) is 12.3. The molecule has 0 bridgehead atoms. The Kier molecular flexibility index (Phi) is 7.92. The number of carbonyl (C=O) groups is 3. The maximum absolute atomic E-state index is 13.7. The van der Waals surface area contributed by atoms with E-state index < -0.39 is 12.1 Å². The number of nitrogens with zero attached hydrogens (tertiary/aromatic N) is 1. The topological polar surface area (TPSA) is 129 Å². The molecule has 0 aliphatic carbocycles. The first-order chi connectivity index (χ1) is 17.8. The largest absolute Gasteiger partial charge is 0.399 e. The molecule has 192 valence electrons. The third kappa shape index (κ3) is 6.78. The lowest BCUT2D eigenvalue weighted by molar-refractivity contribution is -0.120. The number of aryl methyl sites for hydroxylation is 1. The summed E-state index contributed by atoms with van der Waals surface area (Å²) >= 11 is 0. The van der Waals surface area contributed by atoms with E-state index in [1.54, 1.807) is 35.2 Å². The summed E-state index contributed by atoms with van der Waals surface area (Å²) in [6, 6.07) is 20.5. The highest BCUT2D eigenvalue weighted by atomic mass is 16.2. The van der Waals surface area contributed by atoms with Crippen molar-refractivity contribution in [3.63, 3.8) is 0 Å². The monoisotopic (exact) mass is 500 g/mol. The van der Waals surface area contributed by atoms with Gasteiger partial charge in [0.15, 0.2) is 0 Å². The molecule has 1 atom stereocenters. The molecule has 4 rings (SSSR count). The van der Waals surface area contributed by atoms with Crippen LogP contribution in [-0.4, -0.2) is 30.1 Å². The van der Waals surface area contributed by atoms with Gasteiger partial charge in [-0.15, -0.1) is 0 Å². The molecule has 0 fully saturated rings. The number of carbonyl (C=O) groups excluding carboxylic acids is 3. The van der Waals surface area contributed by atoms with Crippen LogP contribution in [0.15, 0.2) is 72.8 Å². The summed E-state index contributed by atoms with van der Waals surface area (Å²) < 4.78 is 0. The average molecular weight is 501 g/mol. The second-order valence-electron chi connectivity index (χ2n) is 9.32. The lowest BCUT2D eigenvalue weighted by atomic mass is 10.1. The van der Waals surface area contributed by atoms with E-state index in [1.165, 1.54) is 0 Å². The van der Waals surface area contributed by atoms with Gasteiger partial charge >= 0.3 is 12.1 Å². The summed E-state index contributed by atoms with van der Waals surface area (Å²) in [5.41, 5.74) is 10.2. The molecule has 0 saturated heterocycles. The third-order valence-electron chi connectivity index (χ3n) is 5.97. The Balaban J connectivity index is 1.52. The van der Waals surface area contributed by atoms with E-state index in [2.05, 4.69) is 21.3 Å². The molecule has 0 aromatic heterocycles. The molecule has 1 aliphatic heterocycles. The number of nitrogens with two attached hydrogens (primary N) is 1. The highest BCUT2D eigenvalue weighted by Crippen LogP contribution is 2.29. The molecule has 9 heteroatoms. The molecular formula is C28H32N6O3. The van der Waals surface area contributed by atoms with Crippen LogP contribution in [0.2, 0.25) is 0 Å². The molecule has 37 heavy (non-hydrogen) atoms. The van der Waals surface area contributed by atoms with Crippen molar-refractivity contribution in [2.75, 3.05) is 21.3 Å². The lowest BCUT2D eigenvalue weighted by Gasteiger charge is -2.26. The minimum absolute atomic E-state index is 0.0102. The van der Waals surface area contributed by atoms with Gasteiger partial charge in [-0.25, -0.2) is 9.59 Å². The molecule has 3 aromatic carbocycles. The van der Waals surface area contributed by atoms with Crippen LogP contribution in [0.5, 0.6) is 0 Å². The van der Waals surface area contributed by atoms with Gasteiger partial charge in [-0.1, -0.05) is 30.3 Å². The number of hydrogen-bond donors (Lipinski definition) is 5. The second-order valence-corrected chi connectivity index (χ2v) is 9.32. The maximum Gasteiger partial charge on any atom is 0.319 e. The molecule has 1 heterocycles. The number of hydrogen-bond acceptors (Lipinski definition) is 4. The standard InChI is InChI=1S/C28H32N6O3/c1-18(2)30-27(36)32-23-8-5-6-19(16-23)17-34-25-9-4-3-7-20(25)10-15-24(26(34)35)33-28(37)31-22-13-11-21(29)12-14-22/h3-9,11-14,16,18,24H,10,15,17,29H2,1-2H3,(H2,30,32,36)(H2,31,33,37). The quantitative estimate of drug-likeness (QED) is 0.320. The van der Waals surface area contributed by atoms with Crippen molar-refractivity contribution in [1.82, 2.24) is 10.6 Å². The van der Waals surface area contributed by atoms with E-state index >= 15 is 0 Å². The number of nitrogen functional groups attached to an aromatic ring is 1. The Morgan fingerprint density at radius 3 is 2.43 bits per heavy atom. The van der Waals surface area contributed by atoms with E-state index in [4.69, 9.17) is 5.73 Å². The molecule has 0 radical (unpaired) electrons. The van der Waals surface area contributed by atoms with Crippen molar-refractivity contribution in [1.29, 1.82) is 0 Å². The van der Waals surface area contributed by atoms with Gasteiger partial charge in [-0.2, -0.15) is 0 Å². The van der Waals surface area contributed by atoms with Gasteiger partial charge in [0, 0.05) is 28.8 Å². The van der Waals surface area contributed by atoms with Gasteiger partial charge in [0.2, 0.25) is 5.91 Å². The van der Waals surface area contributed by atoms with Crippen LogP contribution in [0.1, 0.15) is 31.4 Å². The molecule has 5 amide bonds. The van der Waals surface area contributed by atoms with Gasteiger partial charge < -0.3 is 31.9 Å². The van der Waals surface area contributed by atoms with Crippen LogP contribution in [0.25, 0.3) is 0 Å². The SMILES string of the molecule is CC(C)NC(=O)Nc1cccc(CN2C(=O)C(NC(=O)Nc3ccc(N)cc3)CCc3ccccc32)c1. The number of rotatable bonds is 6. The predicted molar refractivity (Wildman–Crippen MR) is 146 cm³/mol. The van der Waals surface area contributed by atoms with E-state index in [0.717, 1.165) is 16.8 Å². The Bertz CT molecular complexity index is 1270. The van der Waals surface area contributed by atoms with Gasteiger partial charge in [0.1, 0.15) is 6.04 Å². The number of fused-ring (bicyclic) bond motifs is 1. The fourth-order valence-electron chi connectivity index (χ4n) is 4.26. The first kappa shape index (κ1) is 25.6. The van der Waals surface area contributed by atoms with Crippen molar-refractivity contribution in [3.05, 3.63) is 83.9 Å². The van der Waals surface area contributed by atoms with Crippen LogP contribution in [0, 0.1) is 0 Å². The minimum atomic E-state index is -0.709. The van der Waals surface area contributed by atoms with Crippen molar-refractivity contribution >= 4 is 40.7 Å². The minimum Gasteiger partial charge on any atom is -0.399 e. The number of benzene rings is 3. The molecule has 0 spiro atoms. The van der Waals surface area contributed by atoms with E-state index in [9.17, 15) is 14.4 Å². The van der Waals surface area contributed by atoms with Gasteiger partial charge in [0.05, 0.1) is 6.54 Å². The molecule has 1 unspecified atom stereocenters. The lowest BCUT2D eigenvalue weighted by Crippen LogP contribution is -2.49. The Hall–Kier alpha value is -4.53. The van der Waals surface area contributed by atoms with Crippen LogP contribution >= 0.6 is 0 Å². The zero-order chi connectivity index (χ0) is 26.4. The van der Waals surface area contributed by atoms with Crippen LogP contribution in [0.4, 0.5) is 32.3 Å². The second kappa shape index (κ2) is 11.5. The molecule has 6 N–H and O–H groups in total. The zero-order valence-electron chi connectivity index (χ0n) is 21.0. The Morgan fingerprint density at radius 2 is 1.68 bits per heavy atom. The van der Waals surface area contributed by atoms with Crippen molar-refractivity contribution in [2.45, 2.75) is 45.3 Å². The first-order valence-corrected chi connectivity index (χ1v) is 12.3. The van der Waals surface area contributed by atoms with Crippen molar-refractivity contribution in [3.8, 4) is 0 Å². The number of anilines is 4. The Labute approximate surface area is 216 Å². The number of amides is 5. The fourth-order valence-corrected chi connectivity index (χ4v) is 4.26. The van der Waals surface area contributed by atoms with Gasteiger partial charge in [-0.05, 0) is 80.3 Å². The smallest absolute Gasteiger partial charge is 0.319 e. The highest BCUT2D eigenvalue weighted by Gasteiger charge is 2.31.